The molecule has 3 aromatic carbocycles. The summed E-state index contributed by atoms with van der Waals surface area (Å²) in [5.74, 6) is 2.32. The summed E-state index contributed by atoms with van der Waals surface area (Å²) in [7, 11) is 0. The van der Waals surface area contributed by atoms with Gasteiger partial charge in [0.25, 0.3) is 0 Å². The van der Waals surface area contributed by atoms with Crippen molar-refractivity contribution in [3.63, 3.8) is 0 Å². The van der Waals surface area contributed by atoms with Gasteiger partial charge < -0.3 is 9.47 Å². The molecule has 1 aliphatic heterocycles. The summed E-state index contributed by atoms with van der Waals surface area (Å²) in [6.45, 7) is 1.27. The summed E-state index contributed by atoms with van der Waals surface area (Å²) >= 11 is 9.98. The van der Waals surface area contributed by atoms with Crippen molar-refractivity contribution in [1.29, 1.82) is 0 Å². The molecule has 0 saturated carbocycles. The van der Waals surface area contributed by atoms with Crippen LogP contribution in [0, 0.1) is 0 Å². The molecule has 4 heteroatoms. The number of rotatable bonds is 1. The average Bonchev–Trinajstić information content (AvgIpc) is 3.19. The number of fused-ring (bicyclic) bond motifs is 5. The minimum Gasteiger partial charge on any atom is -0.493 e. The first kappa shape index (κ1) is 19.7. The maximum Gasteiger partial charge on any atom is 0.123 e. The van der Waals surface area contributed by atoms with E-state index in [0.717, 1.165) is 33.8 Å². The molecule has 0 N–H and O–H groups in total. The Morgan fingerprint density at radius 3 is 2.37 bits per heavy atom. The second-order valence-electron chi connectivity index (χ2n) is 7.81. The first-order valence-electron chi connectivity index (χ1n) is 10.3. The van der Waals surface area contributed by atoms with Crippen molar-refractivity contribution in [2.45, 2.75) is 24.7 Å². The molecule has 0 amide bonds. The molecule has 2 aliphatic rings. The normalized spacial score (nSPS) is 20.5. The SMILES string of the molecule is Clc1ccc2c(c1)[C@@H]1CC(c3ccc(Br)cc3)=C[C@@H]1c1ccccc1OCCCO2. The quantitative estimate of drug-likeness (QED) is 0.356. The van der Waals surface area contributed by atoms with Crippen molar-refractivity contribution in [1.82, 2.24) is 0 Å². The van der Waals surface area contributed by atoms with E-state index in [4.69, 9.17) is 21.1 Å². The van der Waals surface area contributed by atoms with Gasteiger partial charge in [0, 0.05) is 33.3 Å². The summed E-state index contributed by atoms with van der Waals surface area (Å²) in [6.07, 6.45) is 4.17. The van der Waals surface area contributed by atoms with E-state index >= 15 is 0 Å². The molecule has 30 heavy (non-hydrogen) atoms. The van der Waals surface area contributed by atoms with Gasteiger partial charge in [-0.1, -0.05) is 63.9 Å². The van der Waals surface area contributed by atoms with Gasteiger partial charge in [0.2, 0.25) is 0 Å². The van der Waals surface area contributed by atoms with Crippen molar-refractivity contribution in [2.75, 3.05) is 13.2 Å². The smallest absolute Gasteiger partial charge is 0.123 e. The number of para-hydroxylation sites is 1. The molecule has 0 aromatic heterocycles. The van der Waals surface area contributed by atoms with Crippen molar-refractivity contribution in [3.8, 4) is 11.5 Å². The van der Waals surface area contributed by atoms with Crippen LogP contribution in [-0.2, 0) is 0 Å². The zero-order chi connectivity index (χ0) is 20.5. The molecule has 152 valence electrons. The molecule has 0 unspecified atom stereocenters. The van der Waals surface area contributed by atoms with Gasteiger partial charge in [0.1, 0.15) is 11.5 Å². The van der Waals surface area contributed by atoms with Crippen LogP contribution >= 0.6 is 27.5 Å². The Morgan fingerprint density at radius 1 is 0.833 bits per heavy atom. The molecule has 1 aliphatic carbocycles. The Kier molecular flexibility index (Phi) is 5.58. The molecule has 3 aromatic rings. The fourth-order valence-corrected chi connectivity index (χ4v) is 4.95. The van der Waals surface area contributed by atoms with E-state index in [9.17, 15) is 0 Å². The minimum atomic E-state index is 0.193. The lowest BCUT2D eigenvalue weighted by Gasteiger charge is -2.24. The zero-order valence-corrected chi connectivity index (χ0v) is 18.8. The highest BCUT2D eigenvalue weighted by Gasteiger charge is 2.34. The van der Waals surface area contributed by atoms with E-state index < -0.39 is 0 Å². The summed E-state index contributed by atoms with van der Waals surface area (Å²) in [5, 5.41) is 0.743. The minimum absolute atomic E-state index is 0.193. The van der Waals surface area contributed by atoms with E-state index in [1.165, 1.54) is 22.3 Å². The zero-order valence-electron chi connectivity index (χ0n) is 16.5. The highest BCUT2D eigenvalue weighted by molar-refractivity contribution is 9.10. The highest BCUT2D eigenvalue weighted by Crippen LogP contribution is 2.52. The lowest BCUT2D eigenvalue weighted by atomic mass is 9.82. The largest absolute Gasteiger partial charge is 0.493 e. The van der Waals surface area contributed by atoms with Gasteiger partial charge in [-0.05, 0) is 59.5 Å². The number of hydrogen-bond acceptors (Lipinski definition) is 2. The number of hydrogen-bond donors (Lipinski definition) is 0. The van der Waals surface area contributed by atoms with Crippen LogP contribution < -0.4 is 9.47 Å². The van der Waals surface area contributed by atoms with E-state index in [1.807, 2.05) is 18.2 Å². The average molecular weight is 482 g/mol. The maximum absolute atomic E-state index is 6.43. The summed E-state index contributed by atoms with van der Waals surface area (Å²) in [4.78, 5) is 0. The van der Waals surface area contributed by atoms with E-state index in [0.29, 0.717) is 13.2 Å². The number of allylic oxidation sites excluding steroid dienone is 2. The first-order valence-corrected chi connectivity index (χ1v) is 11.5. The standard InChI is InChI=1S/C26H22BrClO2/c27-19-8-6-17(7-9-19)18-14-22-21-4-1-2-5-25(21)29-12-3-13-30-26-11-10-20(28)16-24(26)23(22)15-18/h1-2,4-11,14,16,22-23H,3,12-13,15H2/t22-,23-/m1/s1. The second-order valence-corrected chi connectivity index (χ2v) is 9.16. The fraction of sp³-hybridized carbons (Fsp3) is 0.231. The topological polar surface area (TPSA) is 18.5 Å². The Bertz CT molecular complexity index is 1090. The first-order chi connectivity index (χ1) is 14.7. The Hall–Kier alpha value is -2.23. The van der Waals surface area contributed by atoms with Crippen LogP contribution in [0.25, 0.3) is 5.57 Å². The van der Waals surface area contributed by atoms with E-state index in [-0.39, 0.29) is 11.8 Å². The lowest BCUT2D eigenvalue weighted by Crippen LogP contribution is -2.08. The number of benzene rings is 3. The second kappa shape index (κ2) is 8.49. The van der Waals surface area contributed by atoms with Crippen LogP contribution in [0.1, 0.15) is 41.4 Å². The summed E-state index contributed by atoms with van der Waals surface area (Å²) in [6, 6.07) is 23.0. The third-order valence-electron chi connectivity index (χ3n) is 5.92. The predicted octanol–water partition coefficient (Wildman–Crippen LogP) is 7.62. The maximum atomic E-state index is 6.43. The summed E-state index contributed by atoms with van der Waals surface area (Å²) in [5.41, 5.74) is 4.99. The number of halogens is 2. The Labute approximate surface area is 190 Å². The Morgan fingerprint density at radius 2 is 1.57 bits per heavy atom. The van der Waals surface area contributed by atoms with Crippen LogP contribution in [-0.4, -0.2) is 13.2 Å². The van der Waals surface area contributed by atoms with Crippen LogP contribution in [0.2, 0.25) is 5.02 Å². The van der Waals surface area contributed by atoms with Crippen molar-refractivity contribution >= 4 is 33.1 Å². The van der Waals surface area contributed by atoms with Crippen LogP contribution in [0.4, 0.5) is 0 Å². The van der Waals surface area contributed by atoms with Gasteiger partial charge in [-0.2, -0.15) is 0 Å². The van der Waals surface area contributed by atoms with Gasteiger partial charge in [0.15, 0.2) is 0 Å². The van der Waals surface area contributed by atoms with Gasteiger partial charge >= 0.3 is 0 Å². The van der Waals surface area contributed by atoms with Gasteiger partial charge in [-0.3, -0.25) is 0 Å². The number of ether oxygens (including phenoxy) is 2. The molecule has 5 rings (SSSR count). The van der Waals surface area contributed by atoms with Crippen LogP contribution in [0.5, 0.6) is 11.5 Å². The molecule has 2 atom stereocenters. The molecule has 0 bridgehead atoms. The van der Waals surface area contributed by atoms with Crippen molar-refractivity contribution in [3.05, 3.63) is 99.0 Å². The molecule has 2 nitrogen and oxygen atoms in total. The molecule has 0 radical (unpaired) electrons. The van der Waals surface area contributed by atoms with Crippen molar-refractivity contribution in [2.24, 2.45) is 0 Å². The molecular formula is C26H22BrClO2. The monoisotopic (exact) mass is 480 g/mol. The molecule has 0 saturated heterocycles. The van der Waals surface area contributed by atoms with Crippen LogP contribution in [0.15, 0.2) is 77.3 Å². The molecular weight excluding hydrogens is 460 g/mol. The molecule has 0 spiro atoms. The molecule has 0 fully saturated rings. The van der Waals surface area contributed by atoms with Gasteiger partial charge in [0.05, 0.1) is 13.2 Å². The highest BCUT2D eigenvalue weighted by atomic mass is 79.9. The third-order valence-corrected chi connectivity index (χ3v) is 6.69. The van der Waals surface area contributed by atoms with Gasteiger partial charge in [-0.25, -0.2) is 0 Å². The lowest BCUT2D eigenvalue weighted by molar-refractivity contribution is 0.246. The Balaban J connectivity index is 1.66. The molecule has 1 heterocycles. The van der Waals surface area contributed by atoms with Crippen LogP contribution in [0.3, 0.4) is 0 Å². The third kappa shape index (κ3) is 3.89. The fourth-order valence-electron chi connectivity index (χ4n) is 4.50. The summed E-state index contributed by atoms with van der Waals surface area (Å²) < 4.78 is 13.4. The van der Waals surface area contributed by atoms with E-state index in [1.54, 1.807) is 0 Å². The van der Waals surface area contributed by atoms with E-state index in [2.05, 4.69) is 70.5 Å². The predicted molar refractivity (Wildman–Crippen MR) is 126 cm³/mol. The van der Waals surface area contributed by atoms with Gasteiger partial charge in [-0.15, -0.1) is 0 Å². The van der Waals surface area contributed by atoms with Crippen molar-refractivity contribution < 1.29 is 9.47 Å².